The summed E-state index contributed by atoms with van der Waals surface area (Å²) in [5, 5.41) is 12.6. The van der Waals surface area contributed by atoms with Crippen LogP contribution in [0.2, 0.25) is 5.02 Å². The van der Waals surface area contributed by atoms with E-state index in [-0.39, 0.29) is 43.1 Å². The van der Waals surface area contributed by atoms with E-state index in [0.29, 0.717) is 11.4 Å². The Bertz CT molecular complexity index is 1200. The summed E-state index contributed by atoms with van der Waals surface area (Å²) in [6, 6.07) is 4.35. The van der Waals surface area contributed by atoms with Crippen molar-refractivity contribution in [2.75, 3.05) is 23.4 Å². The van der Waals surface area contributed by atoms with Crippen molar-refractivity contribution >= 4 is 23.1 Å². The molecule has 1 aromatic carbocycles. The molecule has 0 radical (unpaired) electrons. The van der Waals surface area contributed by atoms with Gasteiger partial charge in [-0.15, -0.1) is 0 Å². The Morgan fingerprint density at radius 3 is 2.78 bits per heavy atom. The second-order valence-corrected chi connectivity index (χ2v) is 8.25. The van der Waals surface area contributed by atoms with Gasteiger partial charge < -0.3 is 20.1 Å². The lowest BCUT2D eigenvalue weighted by Crippen LogP contribution is -2.41. The lowest BCUT2D eigenvalue weighted by atomic mass is 9.96. The van der Waals surface area contributed by atoms with Crippen molar-refractivity contribution in [3.63, 3.8) is 0 Å². The molecule has 2 aliphatic rings. The summed E-state index contributed by atoms with van der Waals surface area (Å²) in [6.45, 7) is -0.175. The van der Waals surface area contributed by atoms with Crippen LogP contribution in [0.15, 0.2) is 27.8 Å². The van der Waals surface area contributed by atoms with Crippen molar-refractivity contribution in [3.8, 4) is 11.8 Å². The van der Waals surface area contributed by atoms with Gasteiger partial charge in [-0.1, -0.05) is 29.5 Å². The van der Waals surface area contributed by atoms with Gasteiger partial charge in [0.15, 0.2) is 6.17 Å². The Kier molecular flexibility index (Phi) is 6.55. The number of anilines is 2. The molecule has 1 aliphatic carbocycles. The molecule has 1 aliphatic heterocycles. The Morgan fingerprint density at radius 2 is 2.12 bits per heavy atom. The van der Waals surface area contributed by atoms with E-state index in [9.17, 15) is 19.1 Å². The Morgan fingerprint density at radius 1 is 1.34 bits per heavy atom. The fourth-order valence-corrected chi connectivity index (χ4v) is 3.96. The Balaban J connectivity index is 1.71. The molecular weight excluding hydrogens is 439 g/mol. The van der Waals surface area contributed by atoms with Crippen LogP contribution in [0.3, 0.4) is 0 Å². The highest BCUT2D eigenvalue weighted by Gasteiger charge is 2.34. The molecule has 32 heavy (non-hydrogen) atoms. The molecule has 1 fully saturated rings. The number of hydrogen-bond donors (Lipinski definition) is 2. The number of ether oxygens (including phenoxy) is 1. The number of halogens is 2. The fourth-order valence-electron chi connectivity index (χ4n) is 3.80. The number of fused-ring (bicyclic) bond motifs is 1. The van der Waals surface area contributed by atoms with Crippen LogP contribution in [0.4, 0.5) is 15.9 Å². The topological polar surface area (TPSA) is 88.7 Å². The average Bonchev–Trinajstić information content (AvgIpc) is 3.08. The van der Waals surface area contributed by atoms with Gasteiger partial charge in [0.05, 0.1) is 25.8 Å². The highest BCUT2D eigenvalue weighted by atomic mass is 35.5. The van der Waals surface area contributed by atoms with E-state index in [2.05, 4.69) is 17.2 Å². The minimum absolute atomic E-state index is 0.0581. The summed E-state index contributed by atoms with van der Waals surface area (Å²) in [5.41, 5.74) is -0.621. The van der Waals surface area contributed by atoms with Gasteiger partial charge in [-0.25, -0.2) is 9.18 Å². The highest BCUT2D eigenvalue weighted by Crippen LogP contribution is 2.32. The molecule has 2 aromatic rings. The van der Waals surface area contributed by atoms with Gasteiger partial charge in [0.25, 0.3) is 5.56 Å². The third-order valence-corrected chi connectivity index (χ3v) is 5.98. The normalized spacial score (nSPS) is 17.4. The van der Waals surface area contributed by atoms with Gasteiger partial charge in [0.2, 0.25) is 0 Å². The molecule has 10 heteroatoms. The minimum Gasteiger partial charge on any atom is -0.395 e. The average molecular weight is 463 g/mol. The molecule has 1 atom stereocenters. The number of aliphatic hydroxyl groups is 1. The maximum absolute atomic E-state index is 14.5. The number of aliphatic hydroxyl groups excluding tert-OH is 1. The number of nitrogens with one attached hydrogen (secondary N) is 1. The van der Waals surface area contributed by atoms with Gasteiger partial charge in [-0.05, 0) is 31.4 Å². The summed E-state index contributed by atoms with van der Waals surface area (Å²) in [4.78, 5) is 27.3. The highest BCUT2D eigenvalue weighted by molar-refractivity contribution is 6.30. The molecule has 0 saturated heterocycles. The number of rotatable bonds is 6. The van der Waals surface area contributed by atoms with Gasteiger partial charge >= 0.3 is 5.69 Å². The maximum atomic E-state index is 14.5. The first-order chi connectivity index (χ1) is 15.4. The SMILES string of the molecule is Cn1c2c(c(=O)n(CCO)c1=O)NC(C#CCOC1CCC1)N2Cc1ccc(Cl)cc1F. The molecule has 4 rings (SSSR count). The van der Waals surface area contributed by atoms with Crippen LogP contribution in [-0.4, -0.2) is 39.7 Å². The zero-order valence-corrected chi connectivity index (χ0v) is 18.4. The number of hydrogen-bond acceptors (Lipinski definition) is 6. The molecule has 0 amide bonds. The summed E-state index contributed by atoms with van der Waals surface area (Å²) in [5.74, 6) is 5.82. The van der Waals surface area contributed by atoms with Gasteiger partial charge in [-0.3, -0.25) is 13.9 Å². The van der Waals surface area contributed by atoms with Crippen LogP contribution in [0.25, 0.3) is 0 Å². The van der Waals surface area contributed by atoms with Gasteiger partial charge in [-0.2, -0.15) is 0 Å². The van der Waals surface area contributed by atoms with E-state index in [1.807, 2.05) is 0 Å². The monoisotopic (exact) mass is 462 g/mol. The Labute approximate surface area is 189 Å². The first-order valence-electron chi connectivity index (χ1n) is 10.4. The van der Waals surface area contributed by atoms with E-state index < -0.39 is 23.2 Å². The van der Waals surface area contributed by atoms with Crippen molar-refractivity contribution < 1.29 is 14.2 Å². The van der Waals surface area contributed by atoms with Crippen LogP contribution in [0.5, 0.6) is 0 Å². The van der Waals surface area contributed by atoms with E-state index >= 15 is 0 Å². The van der Waals surface area contributed by atoms with Crippen molar-refractivity contribution in [2.45, 2.75) is 44.6 Å². The molecule has 2 heterocycles. The molecule has 0 spiro atoms. The molecule has 1 unspecified atom stereocenters. The van der Waals surface area contributed by atoms with Crippen molar-refractivity contribution in [1.29, 1.82) is 0 Å². The standard InChI is InChI=1S/C22H24ClFN4O4/c1-26-20-19(21(30)27(9-10-29)22(26)31)25-18(6-3-11-32-16-4-2-5-16)28(20)13-14-7-8-15(23)12-17(14)24/h7-8,12,16,18,25,29H,2,4-5,9-11,13H2,1H3. The Hall–Kier alpha value is -2.80. The minimum atomic E-state index is -0.673. The summed E-state index contributed by atoms with van der Waals surface area (Å²) < 4.78 is 22.5. The summed E-state index contributed by atoms with van der Waals surface area (Å²) in [7, 11) is 1.52. The zero-order valence-electron chi connectivity index (χ0n) is 17.6. The van der Waals surface area contributed by atoms with E-state index in [0.717, 1.165) is 23.8 Å². The number of nitrogens with zero attached hydrogens (tertiary/aromatic N) is 3. The van der Waals surface area contributed by atoms with Crippen molar-refractivity contribution in [3.05, 3.63) is 55.4 Å². The van der Waals surface area contributed by atoms with Crippen LogP contribution in [0.1, 0.15) is 24.8 Å². The predicted octanol–water partition coefficient (Wildman–Crippen LogP) is 1.66. The second kappa shape index (κ2) is 9.36. The van der Waals surface area contributed by atoms with E-state index in [1.54, 1.807) is 17.0 Å². The van der Waals surface area contributed by atoms with Crippen LogP contribution >= 0.6 is 11.6 Å². The molecule has 8 nitrogen and oxygen atoms in total. The first kappa shape index (κ1) is 22.4. The van der Waals surface area contributed by atoms with E-state index in [1.165, 1.54) is 17.7 Å². The largest absolute Gasteiger partial charge is 0.395 e. The quantitative estimate of drug-likeness (QED) is 0.635. The lowest BCUT2D eigenvalue weighted by Gasteiger charge is -2.25. The third-order valence-electron chi connectivity index (χ3n) is 5.74. The zero-order chi connectivity index (χ0) is 22.8. The van der Waals surface area contributed by atoms with Gasteiger partial charge in [0, 0.05) is 17.6 Å². The number of benzene rings is 1. The van der Waals surface area contributed by atoms with E-state index in [4.69, 9.17) is 16.3 Å². The molecule has 170 valence electrons. The van der Waals surface area contributed by atoms with Crippen LogP contribution < -0.4 is 21.5 Å². The predicted molar refractivity (Wildman–Crippen MR) is 119 cm³/mol. The summed E-state index contributed by atoms with van der Waals surface area (Å²) >= 11 is 5.87. The van der Waals surface area contributed by atoms with Gasteiger partial charge in [0.1, 0.15) is 23.9 Å². The van der Waals surface area contributed by atoms with Crippen molar-refractivity contribution in [2.24, 2.45) is 7.05 Å². The summed E-state index contributed by atoms with van der Waals surface area (Å²) in [6.07, 6.45) is 2.79. The second-order valence-electron chi connectivity index (χ2n) is 7.82. The molecule has 1 saturated carbocycles. The molecule has 2 N–H and O–H groups in total. The molecule has 0 bridgehead atoms. The van der Waals surface area contributed by atoms with Crippen LogP contribution in [-0.2, 0) is 24.9 Å². The fraction of sp³-hybridized carbons (Fsp3) is 0.455. The maximum Gasteiger partial charge on any atom is 0.332 e. The first-order valence-corrected chi connectivity index (χ1v) is 10.8. The molecule has 1 aromatic heterocycles. The smallest absolute Gasteiger partial charge is 0.332 e. The van der Waals surface area contributed by atoms with Crippen molar-refractivity contribution in [1.82, 2.24) is 9.13 Å². The number of aromatic nitrogens is 2. The third kappa shape index (κ3) is 4.26. The van der Waals surface area contributed by atoms with Crippen LogP contribution in [0, 0.1) is 17.7 Å². The lowest BCUT2D eigenvalue weighted by molar-refractivity contribution is 0.0216. The molecular formula is C22H24ClFN4O4.